The Bertz CT molecular complexity index is 1430. The molecule has 6 rings (SSSR count). The van der Waals surface area contributed by atoms with Crippen molar-refractivity contribution in [1.82, 2.24) is 44.6 Å². The summed E-state index contributed by atoms with van der Waals surface area (Å²) in [6.45, 7) is 5.78. The van der Waals surface area contributed by atoms with Crippen LogP contribution < -0.4 is 0 Å². The van der Waals surface area contributed by atoms with E-state index in [-0.39, 0.29) is 51.7 Å². The van der Waals surface area contributed by atoms with Crippen LogP contribution in [0.2, 0.25) is 0 Å². The van der Waals surface area contributed by atoms with Crippen molar-refractivity contribution >= 4 is 11.9 Å². The van der Waals surface area contributed by atoms with Crippen molar-refractivity contribution in [2.24, 2.45) is 0 Å². The molecule has 0 amide bonds. The molecule has 0 unspecified atom stereocenters. The number of aliphatic carboxylic acids is 2. The third-order valence-corrected chi connectivity index (χ3v) is 7.52. The fourth-order valence-electron chi connectivity index (χ4n) is 5.38. The molecule has 2 N–H and O–H groups in total. The van der Waals surface area contributed by atoms with Crippen molar-refractivity contribution in [3.63, 3.8) is 0 Å². The summed E-state index contributed by atoms with van der Waals surface area (Å²) < 4.78 is 1.77. The maximum absolute atomic E-state index is 11.7. The summed E-state index contributed by atoms with van der Waals surface area (Å²) in [6.07, 6.45) is 7.50. The first-order valence-electron chi connectivity index (χ1n) is 14.0. The van der Waals surface area contributed by atoms with Gasteiger partial charge in [0.1, 0.15) is 5.69 Å². The summed E-state index contributed by atoms with van der Waals surface area (Å²) in [5, 5.41) is 27.7. The van der Waals surface area contributed by atoms with E-state index in [1.807, 2.05) is 40.1 Å². The first kappa shape index (κ1) is 33.0. The summed E-state index contributed by atoms with van der Waals surface area (Å²) in [5.74, 6) is 0.984. The predicted octanol–water partition coefficient (Wildman–Crippen LogP) is 0.169. The fourth-order valence-corrected chi connectivity index (χ4v) is 5.38. The van der Waals surface area contributed by atoms with Crippen LogP contribution in [0.4, 0.5) is 0 Å². The summed E-state index contributed by atoms with van der Waals surface area (Å²) in [5.41, 5.74) is 4.51. The summed E-state index contributed by atoms with van der Waals surface area (Å²) in [7, 11) is 0. The second-order valence-corrected chi connectivity index (χ2v) is 10.7. The number of hydrogen-bond donors (Lipinski definition) is 2. The van der Waals surface area contributed by atoms with Crippen LogP contribution in [0.1, 0.15) is 22.6 Å². The number of rotatable bonds is 4. The molecule has 14 heteroatoms. The van der Waals surface area contributed by atoms with Crippen LogP contribution in [0.3, 0.4) is 0 Å². The monoisotopic (exact) mass is 732 g/mol. The number of carboxylic acids is 2. The van der Waals surface area contributed by atoms with E-state index in [1.165, 1.54) is 0 Å². The van der Waals surface area contributed by atoms with E-state index in [0.29, 0.717) is 77.6 Å². The SMILES string of the molecule is C#Cc1cc2nc(c1)Cn1nncc1-c1cccc(n1)CN1CCN(CC(=O)O)CCN(CCN(CC(=O)O)CC1)C2.[Tb+4]. The largest absolute Gasteiger partial charge is 4.00 e. The Balaban J connectivity index is 0.00000423. The maximum Gasteiger partial charge on any atom is 4.00 e. The van der Waals surface area contributed by atoms with Gasteiger partial charge in [0.2, 0.25) is 0 Å². The molecule has 3 aromatic heterocycles. The molecule has 1 radical (unpaired) electrons. The number of aromatic nitrogens is 5. The van der Waals surface area contributed by atoms with Crippen LogP contribution in [-0.4, -0.2) is 132 Å². The van der Waals surface area contributed by atoms with Gasteiger partial charge in [0.05, 0.1) is 48.6 Å². The van der Waals surface area contributed by atoms with Crippen molar-refractivity contribution in [1.29, 1.82) is 0 Å². The minimum Gasteiger partial charge on any atom is -0.480 e. The van der Waals surface area contributed by atoms with Crippen molar-refractivity contribution in [2.75, 3.05) is 65.4 Å². The Morgan fingerprint density at radius 3 is 1.91 bits per heavy atom. The molecule has 3 aromatic rings. The normalized spacial score (nSPS) is 20.2. The van der Waals surface area contributed by atoms with Gasteiger partial charge in [0.25, 0.3) is 0 Å². The number of terminal acetylenes is 1. The maximum atomic E-state index is 11.7. The van der Waals surface area contributed by atoms with E-state index in [2.05, 4.69) is 26.0 Å². The summed E-state index contributed by atoms with van der Waals surface area (Å²) >= 11 is 0. The summed E-state index contributed by atoms with van der Waals surface area (Å²) in [6, 6.07) is 9.56. The third kappa shape index (κ3) is 9.52. The number of hydrogen-bond acceptors (Lipinski definition) is 10. The van der Waals surface area contributed by atoms with E-state index in [9.17, 15) is 19.8 Å². The van der Waals surface area contributed by atoms with E-state index >= 15 is 0 Å². The molecule has 6 bridgehead atoms. The van der Waals surface area contributed by atoms with Gasteiger partial charge in [-0.2, -0.15) is 0 Å². The number of pyridine rings is 2. The molecule has 225 valence electrons. The summed E-state index contributed by atoms with van der Waals surface area (Å²) in [4.78, 5) is 41.6. The van der Waals surface area contributed by atoms with E-state index in [1.54, 1.807) is 10.9 Å². The fraction of sp³-hybridized carbons (Fsp3) is 0.448. The minimum absolute atomic E-state index is 0. The van der Waals surface area contributed by atoms with E-state index < -0.39 is 11.9 Å². The zero-order valence-electron chi connectivity index (χ0n) is 23.8. The second-order valence-electron chi connectivity index (χ2n) is 10.7. The van der Waals surface area contributed by atoms with E-state index in [4.69, 9.17) is 16.4 Å². The Morgan fingerprint density at radius 2 is 1.35 bits per heavy atom. The standard InChI is InChI=1S/C29H35N9O4.Tb/c1-2-22-14-24-18-35-8-12-36(20-28(39)40)10-6-34(7-11-37(13-9-35)21-29(41)42)17-23-4-3-5-26(32-23)27-16-30-33-38(27)19-25(15-22)31-24;/h1,3-5,14-16H,6-13,17-21H2,(H,39,40)(H,41,42);/q;+4. The smallest absolute Gasteiger partial charge is 0.480 e. The molecule has 43 heavy (non-hydrogen) atoms. The molecule has 0 aliphatic carbocycles. The van der Waals surface area contributed by atoms with Gasteiger partial charge < -0.3 is 10.2 Å². The van der Waals surface area contributed by atoms with Gasteiger partial charge in [-0.15, -0.1) is 11.5 Å². The third-order valence-electron chi connectivity index (χ3n) is 7.52. The van der Waals surface area contributed by atoms with Crippen LogP contribution in [0, 0.1) is 51.0 Å². The molecule has 1 fully saturated rings. The average Bonchev–Trinajstić information content (AvgIpc) is 3.41. The van der Waals surface area contributed by atoms with E-state index in [0.717, 1.165) is 28.5 Å². The topological polar surface area (TPSA) is 144 Å². The Kier molecular flexibility index (Phi) is 12.0. The molecule has 6 heterocycles. The zero-order chi connectivity index (χ0) is 29.5. The second kappa shape index (κ2) is 15.7. The van der Waals surface area contributed by atoms with Gasteiger partial charge in [-0.05, 0) is 24.3 Å². The zero-order valence-corrected chi connectivity index (χ0v) is 25.9. The number of carboxylic acid groups (broad SMARTS) is 2. The van der Waals surface area contributed by atoms with Gasteiger partial charge in [0.15, 0.2) is 0 Å². The molecule has 0 spiro atoms. The van der Waals surface area contributed by atoms with Gasteiger partial charge in [-0.1, -0.05) is 17.2 Å². The first-order chi connectivity index (χ1) is 20.3. The molecule has 1 saturated heterocycles. The molecular weight excluding hydrogens is 697 g/mol. The number of fused-ring (bicyclic) bond motifs is 8. The average molecular weight is 733 g/mol. The van der Waals surface area contributed by atoms with Crippen LogP contribution in [0.25, 0.3) is 11.4 Å². The Labute approximate surface area is 281 Å². The van der Waals surface area contributed by atoms with Crippen LogP contribution in [-0.2, 0) is 29.2 Å². The van der Waals surface area contributed by atoms with Gasteiger partial charge in [0, 0.05) is 71.0 Å². The minimum atomic E-state index is -0.873. The number of carbonyl (C=O) groups is 2. The first-order valence-corrected chi connectivity index (χ1v) is 14.0. The van der Waals surface area contributed by atoms with Gasteiger partial charge in [-0.25, -0.2) is 9.67 Å². The molecule has 3 aliphatic heterocycles. The predicted molar refractivity (Wildman–Crippen MR) is 153 cm³/mol. The van der Waals surface area contributed by atoms with Gasteiger partial charge >= 0.3 is 50.6 Å². The van der Waals surface area contributed by atoms with Gasteiger partial charge in [-0.3, -0.25) is 34.2 Å². The van der Waals surface area contributed by atoms with Crippen molar-refractivity contribution in [2.45, 2.75) is 19.6 Å². The molecule has 3 aliphatic rings. The van der Waals surface area contributed by atoms with Crippen LogP contribution >= 0.6 is 0 Å². The van der Waals surface area contributed by atoms with Crippen LogP contribution in [0.15, 0.2) is 36.5 Å². The molecule has 0 atom stereocenters. The Hall–Kier alpha value is -2.93. The van der Waals surface area contributed by atoms with Crippen LogP contribution in [0.5, 0.6) is 0 Å². The quantitative estimate of drug-likeness (QED) is 0.353. The molecule has 13 nitrogen and oxygen atoms in total. The Morgan fingerprint density at radius 1 is 0.791 bits per heavy atom. The van der Waals surface area contributed by atoms with Crippen molar-refractivity contribution in [3.05, 3.63) is 59.2 Å². The molecule has 0 aromatic carbocycles. The number of nitrogens with zero attached hydrogens (tertiary/aromatic N) is 9. The van der Waals surface area contributed by atoms with Crippen molar-refractivity contribution in [3.8, 4) is 23.7 Å². The molecule has 0 saturated carbocycles. The van der Waals surface area contributed by atoms with Crippen molar-refractivity contribution < 1.29 is 58.4 Å². The molecular formula is C29H35N9O4Tb+4.